The molecule has 0 bridgehead atoms. The molecule has 6 nitrogen and oxygen atoms in total. The van der Waals surface area contributed by atoms with Crippen molar-refractivity contribution in [3.05, 3.63) is 35.9 Å². The number of benzene rings is 1. The third kappa shape index (κ3) is 4.89. The van der Waals surface area contributed by atoms with Gasteiger partial charge in [0.2, 0.25) is 11.7 Å². The molecule has 0 aromatic heterocycles. The summed E-state index contributed by atoms with van der Waals surface area (Å²) >= 11 is 0. The summed E-state index contributed by atoms with van der Waals surface area (Å²) < 4.78 is 5.25. The van der Waals surface area contributed by atoms with Gasteiger partial charge in [0.05, 0.1) is 13.2 Å². The van der Waals surface area contributed by atoms with Gasteiger partial charge in [0.25, 0.3) is 5.91 Å². The smallest absolute Gasteiger partial charge is 0.288 e. The highest BCUT2D eigenvalue weighted by Gasteiger charge is 2.28. The fourth-order valence-electron chi connectivity index (χ4n) is 2.45. The maximum atomic E-state index is 12.7. The van der Waals surface area contributed by atoms with Gasteiger partial charge in [-0.1, -0.05) is 37.3 Å². The van der Waals surface area contributed by atoms with Crippen molar-refractivity contribution in [3.8, 4) is 0 Å². The van der Waals surface area contributed by atoms with E-state index in [1.54, 1.807) is 11.8 Å². The standard InChI is InChI=1S/C17H22N2O4/c1-2-15(20)16(21)18-14(12-13-6-4-3-5-7-13)17(22)19-8-10-23-11-9-19/h3-7,14H,2,8-12H2,1H3,(H,18,21). The van der Waals surface area contributed by atoms with E-state index < -0.39 is 17.7 Å². The third-order valence-electron chi connectivity index (χ3n) is 3.78. The van der Waals surface area contributed by atoms with E-state index in [9.17, 15) is 14.4 Å². The van der Waals surface area contributed by atoms with Crippen LogP contribution in [0.25, 0.3) is 0 Å². The lowest BCUT2D eigenvalue weighted by molar-refractivity contribution is -0.143. The summed E-state index contributed by atoms with van der Waals surface area (Å²) in [5.74, 6) is -1.39. The van der Waals surface area contributed by atoms with Crippen molar-refractivity contribution >= 4 is 17.6 Å². The highest BCUT2D eigenvalue weighted by atomic mass is 16.5. The zero-order chi connectivity index (χ0) is 16.7. The van der Waals surface area contributed by atoms with Gasteiger partial charge in [-0.05, 0) is 5.56 Å². The molecule has 6 heteroatoms. The molecule has 124 valence electrons. The number of ketones is 1. The Hall–Kier alpha value is -2.21. The second kappa shape index (κ2) is 8.43. The molecule has 23 heavy (non-hydrogen) atoms. The molecule has 2 rings (SSSR count). The number of nitrogens with one attached hydrogen (secondary N) is 1. The van der Waals surface area contributed by atoms with E-state index in [4.69, 9.17) is 4.74 Å². The van der Waals surface area contributed by atoms with Gasteiger partial charge in [-0.15, -0.1) is 0 Å². The van der Waals surface area contributed by atoms with Crippen molar-refractivity contribution in [2.45, 2.75) is 25.8 Å². The number of amides is 2. The third-order valence-corrected chi connectivity index (χ3v) is 3.78. The molecule has 1 aromatic carbocycles. The number of carbonyl (C=O) groups excluding carboxylic acids is 3. The first-order valence-electron chi connectivity index (χ1n) is 7.86. The lowest BCUT2D eigenvalue weighted by Gasteiger charge is -2.30. The molecule has 1 fully saturated rings. The summed E-state index contributed by atoms with van der Waals surface area (Å²) in [6.07, 6.45) is 0.482. The maximum Gasteiger partial charge on any atom is 0.288 e. The topological polar surface area (TPSA) is 75.7 Å². The van der Waals surface area contributed by atoms with Crippen molar-refractivity contribution in [2.24, 2.45) is 0 Å². The molecule has 0 radical (unpaired) electrons. The van der Waals surface area contributed by atoms with E-state index in [2.05, 4.69) is 5.32 Å². The molecule has 1 heterocycles. The Morgan fingerprint density at radius 3 is 2.43 bits per heavy atom. The summed E-state index contributed by atoms with van der Waals surface area (Å²) in [6, 6.07) is 8.70. The molecule has 0 saturated carbocycles. The van der Waals surface area contributed by atoms with Gasteiger partial charge in [0, 0.05) is 25.9 Å². The summed E-state index contributed by atoms with van der Waals surface area (Å²) in [7, 11) is 0. The lowest BCUT2D eigenvalue weighted by atomic mass is 10.0. The van der Waals surface area contributed by atoms with Gasteiger partial charge in [-0.25, -0.2) is 0 Å². The van der Waals surface area contributed by atoms with Gasteiger partial charge in [0.15, 0.2) is 0 Å². The number of rotatable bonds is 6. The summed E-state index contributed by atoms with van der Waals surface area (Å²) in [5, 5.41) is 2.59. The Balaban J connectivity index is 2.11. The van der Waals surface area contributed by atoms with Gasteiger partial charge in [-0.2, -0.15) is 0 Å². The molecule has 1 aliphatic rings. The summed E-state index contributed by atoms with van der Waals surface area (Å²) in [4.78, 5) is 37.8. The average Bonchev–Trinajstić information content (AvgIpc) is 2.61. The molecular weight excluding hydrogens is 296 g/mol. The first kappa shape index (κ1) is 17.1. The van der Waals surface area contributed by atoms with E-state index in [1.165, 1.54) is 0 Å². The van der Waals surface area contributed by atoms with Crippen LogP contribution in [-0.2, 0) is 25.5 Å². The maximum absolute atomic E-state index is 12.7. The van der Waals surface area contributed by atoms with Crippen LogP contribution >= 0.6 is 0 Å². The van der Waals surface area contributed by atoms with Gasteiger partial charge < -0.3 is 15.0 Å². The molecule has 2 amide bonds. The van der Waals surface area contributed by atoms with Crippen LogP contribution in [0.2, 0.25) is 0 Å². The normalized spacial score (nSPS) is 15.8. The Morgan fingerprint density at radius 2 is 1.83 bits per heavy atom. The number of nitrogens with zero attached hydrogens (tertiary/aromatic N) is 1. The predicted molar refractivity (Wildman–Crippen MR) is 84.8 cm³/mol. The zero-order valence-electron chi connectivity index (χ0n) is 13.3. The van der Waals surface area contributed by atoms with Crippen LogP contribution in [0.3, 0.4) is 0 Å². The first-order valence-corrected chi connectivity index (χ1v) is 7.86. The first-order chi connectivity index (χ1) is 11.1. The number of Topliss-reactive ketones (excluding diaryl/α,β-unsaturated/α-hetero) is 1. The Labute approximate surface area is 135 Å². The minimum Gasteiger partial charge on any atom is -0.378 e. The predicted octanol–water partition coefficient (Wildman–Crippen LogP) is 0.552. The second-order valence-electron chi connectivity index (χ2n) is 5.43. The quantitative estimate of drug-likeness (QED) is 0.777. The van der Waals surface area contributed by atoms with Crippen LogP contribution in [0.4, 0.5) is 0 Å². The zero-order valence-corrected chi connectivity index (χ0v) is 13.3. The van der Waals surface area contributed by atoms with Gasteiger partial charge >= 0.3 is 0 Å². The number of ether oxygens (including phenoxy) is 1. The molecular formula is C17H22N2O4. The highest BCUT2D eigenvalue weighted by Crippen LogP contribution is 2.08. The highest BCUT2D eigenvalue weighted by molar-refractivity contribution is 6.36. The van der Waals surface area contributed by atoms with Gasteiger partial charge in [0.1, 0.15) is 6.04 Å². The summed E-state index contributed by atoms with van der Waals surface area (Å²) in [5.41, 5.74) is 0.934. The SMILES string of the molecule is CCC(=O)C(=O)NC(Cc1ccccc1)C(=O)N1CCOCC1. The van der Waals surface area contributed by atoms with Crippen LogP contribution in [0.15, 0.2) is 30.3 Å². The second-order valence-corrected chi connectivity index (χ2v) is 5.43. The molecule has 1 aliphatic heterocycles. The molecule has 1 unspecified atom stereocenters. The van der Waals surface area contributed by atoms with E-state index in [0.717, 1.165) is 5.56 Å². The summed E-state index contributed by atoms with van der Waals surface area (Å²) in [6.45, 7) is 3.61. The van der Waals surface area contributed by atoms with E-state index in [-0.39, 0.29) is 12.3 Å². The molecule has 0 aliphatic carbocycles. The largest absolute Gasteiger partial charge is 0.378 e. The number of morpholine rings is 1. The van der Waals surface area contributed by atoms with Crippen LogP contribution in [0.5, 0.6) is 0 Å². The Kier molecular flexibility index (Phi) is 6.29. The van der Waals surface area contributed by atoms with Crippen molar-refractivity contribution in [1.82, 2.24) is 10.2 Å². The number of hydrogen-bond acceptors (Lipinski definition) is 4. The molecule has 1 aromatic rings. The average molecular weight is 318 g/mol. The van der Waals surface area contributed by atoms with Crippen molar-refractivity contribution < 1.29 is 19.1 Å². The van der Waals surface area contributed by atoms with E-state index in [1.807, 2.05) is 30.3 Å². The molecule has 1 saturated heterocycles. The van der Waals surface area contributed by atoms with Crippen molar-refractivity contribution in [2.75, 3.05) is 26.3 Å². The fourth-order valence-corrected chi connectivity index (χ4v) is 2.45. The van der Waals surface area contributed by atoms with Crippen molar-refractivity contribution in [1.29, 1.82) is 0 Å². The van der Waals surface area contributed by atoms with Crippen LogP contribution in [0.1, 0.15) is 18.9 Å². The van der Waals surface area contributed by atoms with E-state index in [0.29, 0.717) is 32.7 Å². The minimum absolute atomic E-state index is 0.121. The van der Waals surface area contributed by atoms with Gasteiger partial charge in [-0.3, -0.25) is 14.4 Å². The monoisotopic (exact) mass is 318 g/mol. The molecule has 1 atom stereocenters. The van der Waals surface area contributed by atoms with Crippen LogP contribution < -0.4 is 5.32 Å². The van der Waals surface area contributed by atoms with Crippen molar-refractivity contribution in [3.63, 3.8) is 0 Å². The number of carbonyl (C=O) groups is 3. The molecule has 0 spiro atoms. The van der Waals surface area contributed by atoms with E-state index >= 15 is 0 Å². The molecule has 1 N–H and O–H groups in total. The number of hydrogen-bond donors (Lipinski definition) is 1. The van der Waals surface area contributed by atoms with Crippen LogP contribution in [0, 0.1) is 0 Å². The Morgan fingerprint density at radius 1 is 1.17 bits per heavy atom. The van der Waals surface area contributed by atoms with Crippen LogP contribution in [-0.4, -0.2) is 54.8 Å². The fraction of sp³-hybridized carbons (Fsp3) is 0.471. The Bertz CT molecular complexity index is 553. The lowest BCUT2D eigenvalue weighted by Crippen LogP contribution is -2.53. The minimum atomic E-state index is -0.738.